The van der Waals surface area contributed by atoms with Crippen molar-refractivity contribution < 1.29 is 14.7 Å². The molecule has 0 aliphatic carbocycles. The number of hydrogen-bond acceptors (Lipinski definition) is 3. The lowest BCUT2D eigenvalue weighted by molar-refractivity contribution is 0.0672. The van der Waals surface area contributed by atoms with E-state index in [1.807, 2.05) is 0 Å². The van der Waals surface area contributed by atoms with Crippen LogP contribution in [0.25, 0.3) is 0 Å². The van der Waals surface area contributed by atoms with E-state index >= 15 is 0 Å². The highest BCUT2D eigenvalue weighted by Gasteiger charge is 2.25. The van der Waals surface area contributed by atoms with Crippen molar-refractivity contribution in [1.29, 1.82) is 0 Å². The van der Waals surface area contributed by atoms with Gasteiger partial charge in [-0.1, -0.05) is 26.7 Å². The number of carboxylic acid groups (broad SMARTS) is 1. The third kappa shape index (κ3) is 4.08. The van der Waals surface area contributed by atoms with E-state index in [1.54, 1.807) is 11.9 Å². The average molecular weight is 281 g/mol. The van der Waals surface area contributed by atoms with Crippen molar-refractivity contribution in [2.75, 3.05) is 13.1 Å². The number of carbonyl (C=O) groups excluding carboxylic acids is 1. The van der Waals surface area contributed by atoms with Crippen LogP contribution in [0.3, 0.4) is 0 Å². The molecular weight excluding hydrogens is 258 g/mol. The maximum absolute atomic E-state index is 12.5. The molecule has 0 aliphatic rings. The molecule has 0 atom stereocenters. The molecule has 0 radical (unpaired) electrons. The molecule has 0 saturated heterocycles. The normalized spacial score (nSPS) is 10.6. The number of unbranched alkanes of at least 4 members (excludes halogenated alkanes) is 2. The minimum Gasteiger partial charge on any atom is -0.478 e. The highest BCUT2D eigenvalue weighted by molar-refractivity contribution is 6.03. The maximum atomic E-state index is 12.5. The van der Waals surface area contributed by atoms with E-state index in [2.05, 4.69) is 18.9 Å². The Labute approximate surface area is 119 Å². The van der Waals surface area contributed by atoms with Crippen LogP contribution < -0.4 is 0 Å². The van der Waals surface area contributed by atoms with Crippen LogP contribution in [0.2, 0.25) is 0 Å². The van der Waals surface area contributed by atoms with Crippen LogP contribution in [0, 0.1) is 0 Å². The molecule has 0 aliphatic heterocycles. The quantitative estimate of drug-likeness (QED) is 0.792. The lowest BCUT2D eigenvalue weighted by Gasteiger charge is -2.21. The third-order valence-corrected chi connectivity index (χ3v) is 3.11. The van der Waals surface area contributed by atoms with Gasteiger partial charge in [-0.05, 0) is 12.8 Å². The van der Waals surface area contributed by atoms with Crippen molar-refractivity contribution in [2.45, 2.75) is 39.5 Å². The van der Waals surface area contributed by atoms with Crippen molar-refractivity contribution in [1.82, 2.24) is 14.7 Å². The van der Waals surface area contributed by atoms with Gasteiger partial charge < -0.3 is 10.0 Å². The minimum absolute atomic E-state index is 0.0319. The number of hydrogen-bond donors (Lipinski definition) is 1. The Hall–Kier alpha value is -1.85. The molecule has 1 rings (SSSR count). The minimum atomic E-state index is -1.12. The van der Waals surface area contributed by atoms with Gasteiger partial charge in [0.1, 0.15) is 5.56 Å². The molecule has 1 amide bonds. The molecule has 0 fully saturated rings. The fourth-order valence-corrected chi connectivity index (χ4v) is 1.97. The molecule has 0 saturated carbocycles. The van der Waals surface area contributed by atoms with Crippen LogP contribution in [0.15, 0.2) is 6.20 Å². The fourth-order valence-electron chi connectivity index (χ4n) is 1.97. The highest BCUT2D eigenvalue weighted by Crippen LogP contribution is 2.12. The zero-order valence-corrected chi connectivity index (χ0v) is 12.4. The standard InChI is InChI=1S/C14H23N3O3/c1-4-6-8-17(9-7-5-2)13(18)12-11(14(19)20)10-16(3)15-12/h10H,4-9H2,1-3H3,(H,19,20). The van der Waals surface area contributed by atoms with Crippen LogP contribution in [0.5, 0.6) is 0 Å². The predicted molar refractivity (Wildman–Crippen MR) is 75.9 cm³/mol. The maximum Gasteiger partial charge on any atom is 0.339 e. The first-order valence-corrected chi connectivity index (χ1v) is 7.07. The number of aromatic nitrogens is 2. The van der Waals surface area contributed by atoms with Gasteiger partial charge in [-0.15, -0.1) is 0 Å². The van der Waals surface area contributed by atoms with Crippen LogP contribution in [0.1, 0.15) is 60.4 Å². The van der Waals surface area contributed by atoms with Gasteiger partial charge in [0, 0.05) is 26.3 Å². The monoisotopic (exact) mass is 281 g/mol. The summed E-state index contributed by atoms with van der Waals surface area (Å²) in [5.74, 6) is -1.41. The van der Waals surface area contributed by atoms with Gasteiger partial charge in [-0.25, -0.2) is 4.79 Å². The van der Waals surface area contributed by atoms with Crippen molar-refractivity contribution >= 4 is 11.9 Å². The highest BCUT2D eigenvalue weighted by atomic mass is 16.4. The van der Waals surface area contributed by atoms with Crippen molar-refractivity contribution in [3.05, 3.63) is 17.5 Å². The molecule has 1 N–H and O–H groups in total. The van der Waals surface area contributed by atoms with Crippen LogP contribution in [0.4, 0.5) is 0 Å². The first-order chi connectivity index (χ1) is 9.51. The Bertz CT molecular complexity index is 460. The van der Waals surface area contributed by atoms with E-state index < -0.39 is 5.97 Å². The second-order valence-corrected chi connectivity index (χ2v) is 4.87. The van der Waals surface area contributed by atoms with Crippen LogP contribution in [-0.2, 0) is 7.05 Å². The van der Waals surface area contributed by atoms with E-state index in [0.29, 0.717) is 13.1 Å². The molecule has 0 unspecified atom stereocenters. The number of amides is 1. The number of rotatable bonds is 8. The van der Waals surface area contributed by atoms with E-state index in [4.69, 9.17) is 5.11 Å². The van der Waals surface area contributed by atoms with Gasteiger partial charge in [0.05, 0.1) is 0 Å². The number of carbonyl (C=O) groups is 2. The Morgan fingerprint density at radius 3 is 2.25 bits per heavy atom. The van der Waals surface area contributed by atoms with Gasteiger partial charge in [-0.3, -0.25) is 9.48 Å². The van der Waals surface area contributed by atoms with Crippen LogP contribution in [-0.4, -0.2) is 44.8 Å². The summed E-state index contributed by atoms with van der Waals surface area (Å²) in [5.41, 5.74) is 0.00250. The third-order valence-electron chi connectivity index (χ3n) is 3.11. The van der Waals surface area contributed by atoms with E-state index in [9.17, 15) is 9.59 Å². The first kappa shape index (κ1) is 16.2. The van der Waals surface area contributed by atoms with Gasteiger partial charge in [0.15, 0.2) is 5.69 Å². The van der Waals surface area contributed by atoms with Crippen molar-refractivity contribution in [3.8, 4) is 0 Å². The summed E-state index contributed by atoms with van der Waals surface area (Å²) in [6.45, 7) is 5.41. The summed E-state index contributed by atoms with van der Waals surface area (Å²) in [7, 11) is 1.62. The van der Waals surface area contributed by atoms with Gasteiger partial charge >= 0.3 is 5.97 Å². The summed E-state index contributed by atoms with van der Waals surface area (Å²) < 4.78 is 1.37. The van der Waals surface area contributed by atoms with Gasteiger partial charge in [0.2, 0.25) is 0 Å². The van der Waals surface area contributed by atoms with Crippen LogP contribution >= 0.6 is 0 Å². The molecule has 0 bridgehead atoms. The summed E-state index contributed by atoms with van der Waals surface area (Å²) in [6.07, 6.45) is 5.16. The van der Waals surface area contributed by atoms with Crippen molar-refractivity contribution in [2.24, 2.45) is 7.05 Å². The Kier molecular flexibility index (Phi) is 6.21. The molecule has 1 aromatic rings. The lowest BCUT2D eigenvalue weighted by Crippen LogP contribution is -2.34. The molecule has 0 aromatic carbocycles. The number of carboxylic acids is 1. The average Bonchev–Trinajstić information content (AvgIpc) is 2.80. The smallest absolute Gasteiger partial charge is 0.339 e. The molecule has 20 heavy (non-hydrogen) atoms. The number of nitrogens with zero attached hydrogens (tertiary/aromatic N) is 3. The number of aromatic carboxylic acids is 1. The summed E-state index contributed by atoms with van der Waals surface area (Å²) in [5, 5.41) is 13.2. The largest absolute Gasteiger partial charge is 0.478 e. The molecule has 0 spiro atoms. The first-order valence-electron chi connectivity index (χ1n) is 7.07. The Morgan fingerprint density at radius 1 is 1.25 bits per heavy atom. The molecule has 6 nitrogen and oxygen atoms in total. The SMILES string of the molecule is CCCCN(CCCC)C(=O)c1nn(C)cc1C(=O)O. The zero-order valence-electron chi connectivity index (χ0n) is 12.4. The van der Waals surface area contributed by atoms with Gasteiger partial charge in [-0.2, -0.15) is 5.10 Å². The van der Waals surface area contributed by atoms with Crippen molar-refractivity contribution in [3.63, 3.8) is 0 Å². The van der Waals surface area contributed by atoms with E-state index in [1.165, 1.54) is 10.9 Å². The second-order valence-electron chi connectivity index (χ2n) is 4.87. The predicted octanol–water partition coefficient (Wildman–Crippen LogP) is 2.16. The molecule has 1 aromatic heterocycles. The molecule has 1 heterocycles. The zero-order chi connectivity index (χ0) is 15.1. The Morgan fingerprint density at radius 2 is 1.80 bits per heavy atom. The molecular formula is C14H23N3O3. The Balaban J connectivity index is 2.95. The molecule has 112 valence electrons. The van der Waals surface area contributed by atoms with Gasteiger partial charge in [0.25, 0.3) is 5.91 Å². The summed E-state index contributed by atoms with van der Waals surface area (Å²) in [6, 6.07) is 0. The second kappa shape index (κ2) is 7.67. The van der Waals surface area contributed by atoms with E-state index in [0.717, 1.165) is 25.7 Å². The molecule has 6 heteroatoms. The summed E-state index contributed by atoms with van der Waals surface area (Å²) >= 11 is 0. The number of aryl methyl sites for hydroxylation is 1. The summed E-state index contributed by atoms with van der Waals surface area (Å²) in [4.78, 5) is 25.4. The lowest BCUT2D eigenvalue weighted by atomic mass is 10.2. The van der Waals surface area contributed by atoms with E-state index in [-0.39, 0.29) is 17.2 Å². The fraction of sp³-hybridized carbons (Fsp3) is 0.643. The topological polar surface area (TPSA) is 75.4 Å².